The molecule has 1 fully saturated rings. The number of tetrazole rings is 1. The Morgan fingerprint density at radius 3 is 2.79 bits per heavy atom. The van der Waals surface area contributed by atoms with Crippen molar-refractivity contribution in [2.45, 2.75) is 64.5 Å². The number of aryl methyl sites for hydroxylation is 2. The number of nitrogens with zero attached hydrogens (tertiary/aromatic N) is 6. The van der Waals surface area contributed by atoms with E-state index in [0.29, 0.717) is 19.5 Å². The third-order valence-electron chi connectivity index (χ3n) is 4.78. The largest absolute Gasteiger partial charge is 0.335 e. The van der Waals surface area contributed by atoms with Crippen LogP contribution in [0.15, 0.2) is 0 Å². The van der Waals surface area contributed by atoms with Gasteiger partial charge in [0.25, 0.3) is 0 Å². The minimum absolute atomic E-state index is 0.215. The third kappa shape index (κ3) is 3.33. The minimum Gasteiger partial charge on any atom is -0.335 e. The fraction of sp³-hybridized carbons (Fsp3) is 0.688. The summed E-state index contributed by atoms with van der Waals surface area (Å²) in [4.78, 5) is 20.3. The van der Waals surface area contributed by atoms with E-state index in [-0.39, 0.29) is 5.91 Å². The number of hydrogen-bond acceptors (Lipinski definition) is 6. The Bertz CT molecular complexity index is 700. The van der Waals surface area contributed by atoms with E-state index in [1.165, 1.54) is 23.4 Å². The quantitative estimate of drug-likeness (QED) is 0.846. The SMILES string of the molecule is O=C1CCCCCN1Cc1nnnn1Cc1nc2c(s1)CCCC2. The highest BCUT2D eigenvalue weighted by Crippen LogP contribution is 2.27. The molecular weight excluding hydrogens is 324 g/mol. The van der Waals surface area contributed by atoms with Crippen LogP contribution in [-0.4, -0.2) is 42.5 Å². The van der Waals surface area contributed by atoms with Gasteiger partial charge in [-0.1, -0.05) is 6.42 Å². The van der Waals surface area contributed by atoms with Crippen LogP contribution in [0.3, 0.4) is 0 Å². The lowest BCUT2D eigenvalue weighted by Crippen LogP contribution is -2.31. The zero-order valence-corrected chi connectivity index (χ0v) is 14.6. The van der Waals surface area contributed by atoms with Gasteiger partial charge in [0.2, 0.25) is 5.91 Å². The average molecular weight is 346 g/mol. The van der Waals surface area contributed by atoms with Gasteiger partial charge in [-0.05, 0) is 49.0 Å². The van der Waals surface area contributed by atoms with Crippen LogP contribution in [-0.2, 0) is 30.7 Å². The first-order valence-corrected chi connectivity index (χ1v) is 9.61. The van der Waals surface area contributed by atoms with Crippen molar-refractivity contribution in [1.82, 2.24) is 30.1 Å². The van der Waals surface area contributed by atoms with Crippen LogP contribution in [0.1, 0.15) is 59.9 Å². The van der Waals surface area contributed by atoms with Gasteiger partial charge in [0.15, 0.2) is 5.82 Å². The molecule has 0 N–H and O–H groups in total. The minimum atomic E-state index is 0.215. The lowest BCUT2D eigenvalue weighted by atomic mass is 10.0. The summed E-state index contributed by atoms with van der Waals surface area (Å²) in [6.45, 7) is 1.90. The van der Waals surface area contributed by atoms with Gasteiger partial charge in [-0.15, -0.1) is 16.4 Å². The first-order valence-electron chi connectivity index (χ1n) is 8.80. The normalized spacial score (nSPS) is 18.5. The number of aromatic nitrogens is 5. The van der Waals surface area contributed by atoms with E-state index in [1.807, 2.05) is 4.90 Å². The van der Waals surface area contributed by atoms with Crippen LogP contribution in [0.25, 0.3) is 0 Å². The number of likely N-dealkylation sites (tertiary alicyclic amines) is 1. The first kappa shape index (κ1) is 15.7. The Morgan fingerprint density at radius 1 is 1.00 bits per heavy atom. The molecular formula is C16H22N6OS. The predicted octanol–water partition coefficient (Wildman–Crippen LogP) is 1.96. The summed E-state index contributed by atoms with van der Waals surface area (Å²) in [5.74, 6) is 0.963. The van der Waals surface area contributed by atoms with E-state index in [9.17, 15) is 4.79 Å². The van der Waals surface area contributed by atoms with E-state index in [2.05, 4.69) is 15.5 Å². The maximum absolute atomic E-state index is 12.2. The van der Waals surface area contributed by atoms with Gasteiger partial charge >= 0.3 is 0 Å². The van der Waals surface area contributed by atoms with Crippen LogP contribution in [0, 0.1) is 0 Å². The van der Waals surface area contributed by atoms with Gasteiger partial charge in [-0.3, -0.25) is 4.79 Å². The highest BCUT2D eigenvalue weighted by atomic mass is 32.1. The van der Waals surface area contributed by atoms with E-state index in [0.717, 1.165) is 49.5 Å². The van der Waals surface area contributed by atoms with E-state index in [4.69, 9.17) is 4.98 Å². The molecule has 1 aliphatic heterocycles. The maximum atomic E-state index is 12.2. The molecule has 0 unspecified atom stereocenters. The summed E-state index contributed by atoms with van der Waals surface area (Å²) in [6.07, 6.45) is 8.57. The molecule has 2 aliphatic rings. The standard InChI is InChI=1S/C16H22N6OS/c23-16-8-2-1-5-9-21(16)10-14-18-19-20-22(14)11-15-17-12-6-3-4-7-13(12)24-15/h1-11H2. The molecule has 0 radical (unpaired) electrons. The molecule has 1 saturated heterocycles. The lowest BCUT2D eigenvalue weighted by molar-refractivity contribution is -0.131. The Labute approximate surface area is 145 Å². The molecule has 0 spiro atoms. The number of amides is 1. The molecule has 0 bridgehead atoms. The molecule has 4 rings (SSSR count). The molecule has 2 aromatic heterocycles. The molecule has 2 aromatic rings. The number of fused-ring (bicyclic) bond motifs is 1. The highest BCUT2D eigenvalue weighted by molar-refractivity contribution is 7.11. The molecule has 3 heterocycles. The van der Waals surface area contributed by atoms with Gasteiger partial charge < -0.3 is 4.90 Å². The van der Waals surface area contributed by atoms with Gasteiger partial charge in [0.05, 0.1) is 18.8 Å². The topological polar surface area (TPSA) is 76.8 Å². The molecule has 0 atom stereocenters. The number of hydrogen-bond donors (Lipinski definition) is 0. The van der Waals surface area contributed by atoms with Crippen molar-refractivity contribution in [1.29, 1.82) is 0 Å². The first-order chi connectivity index (χ1) is 11.8. The molecule has 7 nitrogen and oxygen atoms in total. The summed E-state index contributed by atoms with van der Waals surface area (Å²) >= 11 is 1.78. The number of carbonyl (C=O) groups is 1. The van der Waals surface area contributed by atoms with E-state index in [1.54, 1.807) is 16.0 Å². The van der Waals surface area contributed by atoms with Gasteiger partial charge in [0, 0.05) is 17.8 Å². The fourth-order valence-corrected chi connectivity index (χ4v) is 4.58. The molecule has 1 amide bonds. The second-order valence-corrected chi connectivity index (χ2v) is 7.73. The summed E-state index contributed by atoms with van der Waals surface area (Å²) in [5, 5.41) is 13.1. The molecule has 8 heteroatoms. The number of carbonyl (C=O) groups excluding carboxylic acids is 1. The van der Waals surface area contributed by atoms with E-state index < -0.39 is 0 Å². The van der Waals surface area contributed by atoms with Gasteiger partial charge in [-0.2, -0.15) is 0 Å². The maximum Gasteiger partial charge on any atom is 0.222 e. The summed E-state index contributed by atoms with van der Waals surface area (Å²) < 4.78 is 1.79. The molecule has 0 saturated carbocycles. The van der Waals surface area contributed by atoms with Crippen LogP contribution < -0.4 is 0 Å². The van der Waals surface area contributed by atoms with E-state index >= 15 is 0 Å². The summed E-state index contributed by atoms with van der Waals surface area (Å²) in [5.41, 5.74) is 1.26. The highest BCUT2D eigenvalue weighted by Gasteiger charge is 2.21. The Hall–Kier alpha value is -1.83. The Kier molecular flexibility index (Phi) is 4.55. The second kappa shape index (κ2) is 6.96. The predicted molar refractivity (Wildman–Crippen MR) is 89.6 cm³/mol. The van der Waals surface area contributed by atoms with Crippen molar-refractivity contribution in [2.24, 2.45) is 0 Å². The van der Waals surface area contributed by atoms with Crippen LogP contribution in [0.4, 0.5) is 0 Å². The van der Waals surface area contributed by atoms with Gasteiger partial charge in [-0.25, -0.2) is 9.67 Å². The molecule has 0 aromatic carbocycles. The molecule has 1 aliphatic carbocycles. The van der Waals surface area contributed by atoms with Crippen molar-refractivity contribution in [2.75, 3.05) is 6.54 Å². The molecule has 24 heavy (non-hydrogen) atoms. The zero-order chi connectivity index (χ0) is 16.4. The van der Waals surface area contributed by atoms with Crippen LogP contribution in [0.5, 0.6) is 0 Å². The third-order valence-corrected chi connectivity index (χ3v) is 5.93. The van der Waals surface area contributed by atoms with Crippen LogP contribution >= 0.6 is 11.3 Å². The smallest absolute Gasteiger partial charge is 0.222 e. The molecule has 128 valence electrons. The Morgan fingerprint density at radius 2 is 1.88 bits per heavy atom. The summed E-state index contributed by atoms with van der Waals surface area (Å²) in [7, 11) is 0. The zero-order valence-electron chi connectivity index (χ0n) is 13.8. The number of rotatable bonds is 4. The monoisotopic (exact) mass is 346 g/mol. The fourth-order valence-electron chi connectivity index (χ4n) is 3.44. The Balaban J connectivity index is 1.48. The van der Waals surface area contributed by atoms with Gasteiger partial charge in [0.1, 0.15) is 5.01 Å². The van der Waals surface area contributed by atoms with Crippen molar-refractivity contribution in [3.63, 3.8) is 0 Å². The lowest BCUT2D eigenvalue weighted by Gasteiger charge is -2.19. The number of thiazole rings is 1. The van der Waals surface area contributed by atoms with Crippen molar-refractivity contribution in [3.8, 4) is 0 Å². The van der Waals surface area contributed by atoms with Crippen molar-refractivity contribution in [3.05, 3.63) is 21.4 Å². The average Bonchev–Trinajstić information content (AvgIpc) is 3.13. The van der Waals surface area contributed by atoms with Crippen molar-refractivity contribution >= 4 is 17.2 Å². The van der Waals surface area contributed by atoms with Crippen molar-refractivity contribution < 1.29 is 4.79 Å². The summed E-state index contributed by atoms with van der Waals surface area (Å²) in [6, 6.07) is 0. The second-order valence-electron chi connectivity index (χ2n) is 6.56. The van der Waals surface area contributed by atoms with Crippen LogP contribution in [0.2, 0.25) is 0 Å².